The van der Waals surface area contributed by atoms with E-state index in [4.69, 9.17) is 14.1 Å². The minimum absolute atomic E-state index is 0.235. The van der Waals surface area contributed by atoms with E-state index in [1.54, 1.807) is 6.07 Å². The predicted molar refractivity (Wildman–Crippen MR) is 120 cm³/mol. The highest BCUT2D eigenvalue weighted by molar-refractivity contribution is 6.05. The second kappa shape index (κ2) is 7.50. The van der Waals surface area contributed by atoms with Gasteiger partial charge in [0.15, 0.2) is 17.2 Å². The number of furan rings is 1. The molecule has 10 heteroatoms. The van der Waals surface area contributed by atoms with E-state index in [1.807, 2.05) is 36.4 Å². The van der Waals surface area contributed by atoms with Crippen LogP contribution in [0, 0.1) is 0 Å². The molecule has 1 saturated heterocycles. The van der Waals surface area contributed by atoms with Gasteiger partial charge in [-0.15, -0.1) is 0 Å². The number of aromatic nitrogens is 5. The fourth-order valence-corrected chi connectivity index (χ4v) is 3.85. The number of morpholine rings is 1. The molecule has 10 nitrogen and oxygen atoms in total. The third-order valence-corrected chi connectivity index (χ3v) is 5.40. The Kier molecular flexibility index (Phi) is 4.36. The minimum Gasteiger partial charge on any atom is -0.434 e. The van der Waals surface area contributed by atoms with Crippen LogP contribution < -0.4 is 15.8 Å². The SMILES string of the molecule is O=c1ccc2c([nH]1)oc1c(N3CCOCC3)nc(Nc3cc(-c4ccccc4)[nH]n3)nc12. The summed E-state index contributed by atoms with van der Waals surface area (Å²) >= 11 is 0. The van der Waals surface area contributed by atoms with Crippen LogP contribution in [0.3, 0.4) is 0 Å². The number of hydrogen-bond acceptors (Lipinski definition) is 8. The Morgan fingerprint density at radius 1 is 1.03 bits per heavy atom. The number of benzene rings is 1. The predicted octanol–water partition coefficient (Wildman–Crippen LogP) is 3.03. The zero-order valence-corrected chi connectivity index (χ0v) is 17.0. The summed E-state index contributed by atoms with van der Waals surface area (Å²) in [4.78, 5) is 26.0. The van der Waals surface area contributed by atoms with E-state index in [0.29, 0.717) is 66.1 Å². The summed E-state index contributed by atoms with van der Waals surface area (Å²) in [7, 11) is 0. The lowest BCUT2D eigenvalue weighted by atomic mass is 10.2. The summed E-state index contributed by atoms with van der Waals surface area (Å²) in [5, 5.41) is 11.3. The maximum absolute atomic E-state index is 11.8. The van der Waals surface area contributed by atoms with Crippen LogP contribution in [0.15, 0.2) is 57.7 Å². The highest BCUT2D eigenvalue weighted by Gasteiger charge is 2.22. The molecule has 0 radical (unpaired) electrons. The molecule has 1 aromatic carbocycles. The van der Waals surface area contributed by atoms with Crippen molar-refractivity contribution in [3.8, 4) is 11.3 Å². The van der Waals surface area contributed by atoms with Gasteiger partial charge in [0.2, 0.25) is 11.7 Å². The van der Waals surface area contributed by atoms with Gasteiger partial charge in [0.25, 0.3) is 5.56 Å². The third-order valence-electron chi connectivity index (χ3n) is 5.40. The standard InChI is InChI=1S/C22H19N7O3/c30-17-7-6-14-18-19(32-21(14)24-17)20(29-8-10-31-11-9-29)26-22(25-18)23-16-12-15(27-28-16)13-4-2-1-3-5-13/h1-7,12H,8-11H2,(H,24,30)(H2,23,25,26,27,28). The molecule has 1 aliphatic heterocycles. The summed E-state index contributed by atoms with van der Waals surface area (Å²) in [6, 6.07) is 15.0. The smallest absolute Gasteiger partial charge is 0.250 e. The first-order valence-corrected chi connectivity index (χ1v) is 10.3. The zero-order valence-electron chi connectivity index (χ0n) is 17.0. The van der Waals surface area contributed by atoms with Crippen LogP contribution in [0.4, 0.5) is 17.6 Å². The fourth-order valence-electron chi connectivity index (χ4n) is 3.85. The van der Waals surface area contributed by atoms with Gasteiger partial charge in [-0.2, -0.15) is 10.1 Å². The van der Waals surface area contributed by atoms with Crippen LogP contribution >= 0.6 is 0 Å². The zero-order chi connectivity index (χ0) is 21.5. The van der Waals surface area contributed by atoms with Crippen molar-refractivity contribution < 1.29 is 9.15 Å². The Morgan fingerprint density at radius 2 is 1.88 bits per heavy atom. The molecule has 4 aromatic heterocycles. The lowest BCUT2D eigenvalue weighted by Gasteiger charge is -2.27. The number of anilines is 3. The lowest BCUT2D eigenvalue weighted by Crippen LogP contribution is -2.37. The molecule has 1 fully saturated rings. The molecule has 32 heavy (non-hydrogen) atoms. The molecular formula is C22H19N7O3. The van der Waals surface area contributed by atoms with Gasteiger partial charge in [-0.05, 0) is 11.6 Å². The van der Waals surface area contributed by atoms with Crippen LogP contribution in [0.25, 0.3) is 33.5 Å². The van der Waals surface area contributed by atoms with E-state index in [2.05, 4.69) is 30.4 Å². The van der Waals surface area contributed by atoms with Crippen LogP contribution in [0.2, 0.25) is 0 Å². The highest BCUT2D eigenvalue weighted by atomic mass is 16.5. The summed E-state index contributed by atoms with van der Waals surface area (Å²) < 4.78 is 11.5. The van der Waals surface area contributed by atoms with Crippen molar-refractivity contribution in [2.75, 3.05) is 36.5 Å². The topological polar surface area (TPSA) is 125 Å². The molecule has 0 unspecified atom stereocenters. The summed E-state index contributed by atoms with van der Waals surface area (Å²) in [5.41, 5.74) is 3.20. The number of aromatic amines is 2. The number of pyridine rings is 1. The molecule has 0 amide bonds. The van der Waals surface area contributed by atoms with Gasteiger partial charge in [-0.1, -0.05) is 30.3 Å². The van der Waals surface area contributed by atoms with E-state index < -0.39 is 0 Å². The van der Waals surface area contributed by atoms with Crippen molar-refractivity contribution in [1.29, 1.82) is 0 Å². The van der Waals surface area contributed by atoms with Crippen molar-refractivity contribution in [2.45, 2.75) is 0 Å². The number of fused-ring (bicyclic) bond motifs is 3. The van der Waals surface area contributed by atoms with Gasteiger partial charge >= 0.3 is 0 Å². The van der Waals surface area contributed by atoms with Crippen molar-refractivity contribution in [3.05, 3.63) is 58.9 Å². The molecule has 6 rings (SSSR count). The highest BCUT2D eigenvalue weighted by Crippen LogP contribution is 2.33. The molecule has 5 heterocycles. The van der Waals surface area contributed by atoms with E-state index >= 15 is 0 Å². The molecule has 160 valence electrons. The van der Waals surface area contributed by atoms with E-state index in [-0.39, 0.29) is 5.56 Å². The Hall–Kier alpha value is -4.18. The van der Waals surface area contributed by atoms with Gasteiger partial charge in [-0.3, -0.25) is 14.9 Å². The van der Waals surface area contributed by atoms with Crippen molar-refractivity contribution >= 4 is 39.8 Å². The van der Waals surface area contributed by atoms with Crippen LogP contribution in [-0.4, -0.2) is 51.5 Å². The second-order valence-electron chi connectivity index (χ2n) is 7.47. The van der Waals surface area contributed by atoms with E-state index in [9.17, 15) is 4.79 Å². The van der Waals surface area contributed by atoms with Gasteiger partial charge < -0.3 is 19.4 Å². The van der Waals surface area contributed by atoms with Crippen LogP contribution in [-0.2, 0) is 4.74 Å². The largest absolute Gasteiger partial charge is 0.434 e. The molecule has 3 N–H and O–H groups in total. The maximum Gasteiger partial charge on any atom is 0.250 e. The molecule has 1 aliphatic rings. The summed E-state index contributed by atoms with van der Waals surface area (Å²) in [6.07, 6.45) is 0. The van der Waals surface area contributed by atoms with Gasteiger partial charge in [-0.25, -0.2) is 4.98 Å². The van der Waals surface area contributed by atoms with Crippen molar-refractivity contribution in [3.63, 3.8) is 0 Å². The normalized spacial score (nSPS) is 14.3. The van der Waals surface area contributed by atoms with E-state index in [1.165, 1.54) is 6.07 Å². The Morgan fingerprint density at radius 3 is 2.72 bits per heavy atom. The van der Waals surface area contributed by atoms with Gasteiger partial charge in [0.1, 0.15) is 5.52 Å². The van der Waals surface area contributed by atoms with Crippen LogP contribution in [0.1, 0.15) is 0 Å². The number of nitrogens with zero attached hydrogens (tertiary/aromatic N) is 4. The quantitative estimate of drug-likeness (QED) is 0.398. The first-order chi connectivity index (χ1) is 15.7. The monoisotopic (exact) mass is 429 g/mol. The molecule has 5 aromatic rings. The molecule has 0 spiro atoms. The number of nitrogens with one attached hydrogen (secondary N) is 3. The molecule has 0 atom stereocenters. The molecule has 0 aliphatic carbocycles. The average molecular weight is 429 g/mol. The van der Waals surface area contributed by atoms with Crippen LogP contribution in [0.5, 0.6) is 0 Å². The fraction of sp³-hybridized carbons (Fsp3) is 0.182. The number of H-pyrrole nitrogens is 2. The first-order valence-electron chi connectivity index (χ1n) is 10.3. The first kappa shape index (κ1) is 18.6. The lowest BCUT2D eigenvalue weighted by molar-refractivity contribution is 0.122. The minimum atomic E-state index is -0.235. The number of hydrogen-bond donors (Lipinski definition) is 3. The average Bonchev–Trinajstić information content (AvgIpc) is 3.44. The summed E-state index contributed by atoms with van der Waals surface area (Å²) in [5.74, 6) is 1.63. The summed E-state index contributed by atoms with van der Waals surface area (Å²) in [6.45, 7) is 2.57. The Bertz CT molecular complexity index is 1470. The maximum atomic E-state index is 11.8. The number of ether oxygens (including phenoxy) is 1. The Balaban J connectivity index is 1.44. The van der Waals surface area contributed by atoms with Crippen molar-refractivity contribution in [1.82, 2.24) is 25.1 Å². The second-order valence-corrected chi connectivity index (χ2v) is 7.47. The van der Waals surface area contributed by atoms with Gasteiger partial charge in [0.05, 0.1) is 24.3 Å². The number of rotatable bonds is 4. The molecule has 0 bridgehead atoms. The van der Waals surface area contributed by atoms with Gasteiger partial charge in [0, 0.05) is 25.2 Å². The third kappa shape index (κ3) is 3.26. The van der Waals surface area contributed by atoms with E-state index in [0.717, 1.165) is 11.3 Å². The molecule has 0 saturated carbocycles. The molecular weight excluding hydrogens is 410 g/mol. The Labute approximate surface area is 181 Å². The van der Waals surface area contributed by atoms with Crippen molar-refractivity contribution in [2.24, 2.45) is 0 Å².